The molecule has 0 heterocycles. The van der Waals surface area contributed by atoms with Crippen molar-refractivity contribution in [2.45, 2.75) is 457 Å². The van der Waals surface area contributed by atoms with E-state index in [1.165, 1.54) is 353 Å². The van der Waals surface area contributed by atoms with Crippen LogP contribution < -0.4 is 0 Å². The van der Waals surface area contributed by atoms with Crippen LogP contribution in [0, 0.1) is 0 Å². The zero-order valence-corrected chi connectivity index (χ0v) is 69.5. The van der Waals surface area contributed by atoms with Gasteiger partial charge in [0, 0.05) is 12.8 Å². The second kappa shape index (κ2) is 82.5. The third-order valence-electron chi connectivity index (χ3n) is 20.2. The maximum atomic E-state index is 12.9. The summed E-state index contributed by atoms with van der Waals surface area (Å²) in [4.78, 5) is 36.1. The topological polar surface area (TPSA) is 108 Å². The van der Waals surface area contributed by atoms with Gasteiger partial charge >= 0.3 is 19.8 Å². The summed E-state index contributed by atoms with van der Waals surface area (Å²) in [5.41, 5.74) is 0. The zero-order chi connectivity index (χ0) is 74.0. The fourth-order valence-corrected chi connectivity index (χ4v) is 14.2. The smallest absolute Gasteiger partial charge is 0.462 e. The molecule has 0 fully saturated rings. The Bertz CT molecular complexity index is 1950. The molecule has 0 saturated heterocycles. The molecule has 0 aromatic rings. The molecule has 0 aromatic carbocycles. The van der Waals surface area contributed by atoms with E-state index < -0.39 is 26.5 Å². The Labute approximate surface area is 635 Å². The number of hydrogen-bond donors (Lipinski definition) is 1. The molecule has 0 saturated carbocycles. The lowest BCUT2D eigenvalue weighted by atomic mass is 10.0. The van der Waals surface area contributed by atoms with Crippen molar-refractivity contribution < 1.29 is 42.1 Å². The third-order valence-corrected chi connectivity index (χ3v) is 21.2. The van der Waals surface area contributed by atoms with Crippen LogP contribution in [0.4, 0.5) is 0 Å². The van der Waals surface area contributed by atoms with Crippen LogP contribution in [-0.2, 0) is 32.7 Å². The Balaban J connectivity index is 3.84. The van der Waals surface area contributed by atoms with Crippen molar-refractivity contribution >= 4 is 19.8 Å². The number of unbranched alkanes of at least 4 members (excludes halogenated alkanes) is 58. The lowest BCUT2D eigenvalue weighted by Gasteiger charge is -2.24. The van der Waals surface area contributed by atoms with Gasteiger partial charge in [0.1, 0.15) is 19.8 Å². The number of rotatable bonds is 84. The van der Waals surface area contributed by atoms with E-state index in [-0.39, 0.29) is 25.6 Å². The van der Waals surface area contributed by atoms with E-state index in [1.54, 1.807) is 0 Å². The first-order chi connectivity index (χ1) is 50.0. The summed E-state index contributed by atoms with van der Waals surface area (Å²) in [6, 6.07) is 0. The Kier molecular flexibility index (Phi) is 80.4. The van der Waals surface area contributed by atoms with Crippen molar-refractivity contribution in [1.29, 1.82) is 0 Å². The van der Waals surface area contributed by atoms with E-state index in [2.05, 4.69) is 86.8 Å². The molecule has 1 N–H and O–H groups in total. The molecule has 10 heteroatoms. The minimum atomic E-state index is -4.40. The first kappa shape index (κ1) is 99.5. The van der Waals surface area contributed by atoms with Gasteiger partial charge in [0.2, 0.25) is 0 Å². The van der Waals surface area contributed by atoms with Gasteiger partial charge in [-0.1, -0.05) is 427 Å². The van der Waals surface area contributed by atoms with Gasteiger partial charge in [0.15, 0.2) is 6.10 Å². The third kappa shape index (κ3) is 86.4. The van der Waals surface area contributed by atoms with Crippen LogP contribution in [0.2, 0.25) is 0 Å². The summed E-state index contributed by atoms with van der Waals surface area (Å²) < 4.78 is 34.9. The van der Waals surface area contributed by atoms with Crippen molar-refractivity contribution in [3.8, 4) is 0 Å². The van der Waals surface area contributed by atoms with Crippen LogP contribution in [-0.4, -0.2) is 74.9 Å². The predicted molar refractivity (Wildman–Crippen MR) is 446 cm³/mol. The van der Waals surface area contributed by atoms with E-state index in [0.29, 0.717) is 23.9 Å². The summed E-state index contributed by atoms with van der Waals surface area (Å²) in [5, 5.41) is 0. The number of likely N-dealkylation sites (N-methyl/N-ethyl adjacent to an activating group) is 1. The maximum Gasteiger partial charge on any atom is 0.472 e. The summed E-state index contributed by atoms with van der Waals surface area (Å²) in [6.45, 7) is 4.39. The van der Waals surface area contributed by atoms with Crippen LogP contribution >= 0.6 is 7.82 Å². The molecule has 0 spiro atoms. The Morgan fingerprint density at radius 3 is 0.833 bits per heavy atom. The molecular weight excluding hydrogens is 1280 g/mol. The van der Waals surface area contributed by atoms with Crippen LogP contribution in [0.1, 0.15) is 450 Å². The summed E-state index contributed by atoms with van der Waals surface area (Å²) in [5.74, 6) is -0.771. The molecule has 0 bridgehead atoms. The molecule has 2 unspecified atom stereocenters. The van der Waals surface area contributed by atoms with Crippen LogP contribution in [0.5, 0.6) is 0 Å². The average molecular weight is 1450 g/mol. The fourth-order valence-electron chi connectivity index (χ4n) is 13.5. The van der Waals surface area contributed by atoms with Gasteiger partial charge in [-0.15, -0.1) is 0 Å². The Hall–Kier alpha value is -2.55. The lowest BCUT2D eigenvalue weighted by molar-refractivity contribution is -0.870. The molecule has 2 atom stereocenters. The van der Waals surface area contributed by atoms with Crippen molar-refractivity contribution in [3.05, 3.63) is 72.9 Å². The van der Waals surface area contributed by atoms with Crippen LogP contribution in [0.3, 0.4) is 0 Å². The van der Waals surface area contributed by atoms with E-state index in [4.69, 9.17) is 18.5 Å². The number of esters is 2. The van der Waals surface area contributed by atoms with Gasteiger partial charge in [0.25, 0.3) is 0 Å². The lowest BCUT2D eigenvalue weighted by Crippen LogP contribution is -2.37. The quantitative estimate of drug-likeness (QED) is 0.0211. The van der Waals surface area contributed by atoms with Gasteiger partial charge in [-0.2, -0.15) is 0 Å². The molecule has 0 rings (SSSR count). The van der Waals surface area contributed by atoms with Crippen molar-refractivity contribution in [2.24, 2.45) is 0 Å². The number of phosphoric acid groups is 1. The van der Waals surface area contributed by atoms with Gasteiger partial charge < -0.3 is 18.9 Å². The highest BCUT2D eigenvalue weighted by Gasteiger charge is 2.27. The van der Waals surface area contributed by atoms with Crippen LogP contribution in [0.25, 0.3) is 0 Å². The van der Waals surface area contributed by atoms with Gasteiger partial charge in [0.05, 0.1) is 27.7 Å². The number of carbonyl (C=O) groups excluding carboxylic acids is 2. The number of ether oxygens (including phenoxy) is 2. The second-order valence-electron chi connectivity index (χ2n) is 31.6. The molecule has 0 aromatic heterocycles. The monoisotopic (exact) mass is 1450 g/mol. The van der Waals surface area contributed by atoms with Gasteiger partial charge in [-0.05, 0) is 83.5 Å². The van der Waals surface area contributed by atoms with E-state index in [0.717, 1.165) is 64.2 Å². The normalized spacial score (nSPS) is 13.3. The number of phosphoric ester groups is 1. The van der Waals surface area contributed by atoms with Crippen LogP contribution in [0.15, 0.2) is 72.9 Å². The minimum absolute atomic E-state index is 0.0344. The predicted octanol–water partition coefficient (Wildman–Crippen LogP) is 30.2. The highest BCUT2D eigenvalue weighted by molar-refractivity contribution is 7.47. The number of allylic oxidation sites excluding steroid dienone is 12. The molecule has 0 aliphatic rings. The van der Waals surface area contributed by atoms with E-state index in [1.807, 2.05) is 21.1 Å². The second-order valence-corrected chi connectivity index (χ2v) is 33.1. The Morgan fingerprint density at radius 1 is 0.314 bits per heavy atom. The largest absolute Gasteiger partial charge is 0.472 e. The summed E-state index contributed by atoms with van der Waals surface area (Å²) in [6.07, 6.45) is 114. The molecule has 0 aliphatic carbocycles. The highest BCUT2D eigenvalue weighted by atomic mass is 31.2. The van der Waals surface area contributed by atoms with Crippen molar-refractivity contribution in [3.63, 3.8) is 0 Å². The maximum absolute atomic E-state index is 12.9. The molecule has 102 heavy (non-hydrogen) atoms. The molecule has 0 radical (unpaired) electrons. The fraction of sp³-hybridized carbons (Fsp3) is 0.848. The standard InChI is InChI=1S/C92H172NO8P/c1-6-8-10-12-14-16-18-20-22-24-26-28-30-32-34-36-38-40-42-44-45-46-47-49-50-52-54-56-58-60-62-64-66-68-70-72-74-76-78-80-82-84-91(94)98-88-90(89-100-102(96,97)99-87-86-93(3,4)5)101-92(95)85-83-81-79-77-75-73-71-69-67-65-63-61-59-57-55-53-51-48-43-41-39-37-35-33-31-29-27-25-23-21-19-17-15-13-11-9-7-2/h9,11,15,17-18,20-21,23-24,26-27,29,90H,6-8,10,12-14,16,19,22,25,28,30-89H2,1-5H3/p+1/b11-9-,17-15-,20-18-,23-21-,26-24-,29-27-. The molecule has 0 amide bonds. The van der Waals surface area contributed by atoms with E-state index >= 15 is 0 Å². The first-order valence-corrected chi connectivity index (χ1v) is 46.2. The minimum Gasteiger partial charge on any atom is -0.462 e. The Morgan fingerprint density at radius 2 is 0.559 bits per heavy atom. The summed E-state index contributed by atoms with van der Waals surface area (Å²) >= 11 is 0. The molecule has 598 valence electrons. The number of carbonyl (C=O) groups is 2. The molecule has 0 aliphatic heterocycles. The zero-order valence-electron chi connectivity index (χ0n) is 68.6. The van der Waals surface area contributed by atoms with E-state index in [9.17, 15) is 19.0 Å². The molecular formula is C92H173NO8P+. The highest BCUT2D eigenvalue weighted by Crippen LogP contribution is 2.43. The van der Waals surface area contributed by atoms with Crippen molar-refractivity contribution in [1.82, 2.24) is 0 Å². The van der Waals surface area contributed by atoms with Crippen molar-refractivity contribution in [2.75, 3.05) is 47.5 Å². The van der Waals surface area contributed by atoms with Gasteiger partial charge in [-0.25, -0.2) is 4.57 Å². The number of quaternary nitrogens is 1. The number of hydrogen-bond acceptors (Lipinski definition) is 7. The average Bonchev–Trinajstić information content (AvgIpc) is 0.913. The molecule has 9 nitrogen and oxygen atoms in total. The number of nitrogens with zero attached hydrogens (tertiary/aromatic N) is 1. The van der Waals surface area contributed by atoms with Gasteiger partial charge in [-0.3, -0.25) is 18.6 Å². The SMILES string of the molecule is CC/C=C\C/C=C\C/C=C\C/C=C\CCCCCCCCCCCCCCCCCCCCCCCCCCC(=O)OC(COC(=O)CCCCCCCCCCCCCCCCCCCCCCCCCCCCCCC/C=C\C/C=C\CCCCCCC)COP(=O)(O)OCC[N+](C)(C)C. The summed E-state index contributed by atoms with van der Waals surface area (Å²) in [7, 11) is 1.50. The first-order valence-electron chi connectivity index (χ1n) is 44.7.